The van der Waals surface area contributed by atoms with E-state index in [-0.39, 0.29) is 5.82 Å². The number of para-hydroxylation sites is 1. The molecule has 0 aliphatic carbocycles. The number of aromatic nitrogens is 1. The predicted octanol–water partition coefficient (Wildman–Crippen LogP) is 5.57. The minimum atomic E-state index is -0.506. The van der Waals surface area contributed by atoms with Crippen molar-refractivity contribution in [2.45, 2.75) is 6.92 Å². The van der Waals surface area contributed by atoms with Crippen molar-refractivity contribution in [3.05, 3.63) is 95.8 Å². The molecule has 0 atom stereocenters. The van der Waals surface area contributed by atoms with Crippen LogP contribution in [0, 0.1) is 12.7 Å². The Labute approximate surface area is 156 Å². The van der Waals surface area contributed by atoms with Crippen molar-refractivity contribution in [1.82, 2.24) is 4.98 Å². The van der Waals surface area contributed by atoms with Crippen LogP contribution in [0.2, 0.25) is 0 Å². The van der Waals surface area contributed by atoms with E-state index in [0.29, 0.717) is 27.9 Å². The number of nitrogens with zero attached hydrogens (tertiary/aromatic N) is 1. The number of fused-ring (bicyclic) bond motifs is 1. The second-order valence-corrected chi connectivity index (χ2v) is 6.28. The van der Waals surface area contributed by atoms with Crippen molar-refractivity contribution in [2.24, 2.45) is 0 Å². The summed E-state index contributed by atoms with van der Waals surface area (Å²) in [6, 6.07) is 22.5. The summed E-state index contributed by atoms with van der Waals surface area (Å²) >= 11 is 0. The Morgan fingerprint density at radius 1 is 0.926 bits per heavy atom. The van der Waals surface area contributed by atoms with Crippen LogP contribution in [0.4, 0.5) is 4.39 Å². The second-order valence-electron chi connectivity index (χ2n) is 6.28. The van der Waals surface area contributed by atoms with Crippen molar-refractivity contribution in [1.29, 1.82) is 0 Å². The highest BCUT2D eigenvalue weighted by Gasteiger charge is 2.16. The number of hydrogen-bond acceptors (Lipinski definition) is 3. The molecule has 0 N–H and O–H groups in total. The van der Waals surface area contributed by atoms with Gasteiger partial charge in [-0.3, -0.25) is 0 Å². The molecule has 0 radical (unpaired) electrons. The van der Waals surface area contributed by atoms with Gasteiger partial charge in [-0.05, 0) is 43.3 Å². The topological polar surface area (TPSA) is 39.2 Å². The SMILES string of the molecule is Cc1ccc(-c2cc(C(=O)Oc3ccc(F)cc3)c3ccccc3n2)cc1. The van der Waals surface area contributed by atoms with Crippen molar-refractivity contribution < 1.29 is 13.9 Å². The molecule has 0 unspecified atom stereocenters. The van der Waals surface area contributed by atoms with Crippen molar-refractivity contribution >= 4 is 16.9 Å². The molecular formula is C23H16FNO2. The van der Waals surface area contributed by atoms with Gasteiger partial charge in [0.1, 0.15) is 11.6 Å². The largest absolute Gasteiger partial charge is 0.423 e. The Morgan fingerprint density at radius 2 is 1.63 bits per heavy atom. The molecule has 1 heterocycles. The van der Waals surface area contributed by atoms with E-state index in [2.05, 4.69) is 4.98 Å². The Kier molecular flexibility index (Phi) is 4.38. The van der Waals surface area contributed by atoms with Crippen LogP contribution < -0.4 is 4.74 Å². The number of carbonyl (C=O) groups is 1. The highest BCUT2D eigenvalue weighted by molar-refractivity contribution is 6.05. The Morgan fingerprint density at radius 3 is 2.37 bits per heavy atom. The van der Waals surface area contributed by atoms with Crippen LogP contribution in [-0.4, -0.2) is 11.0 Å². The van der Waals surface area contributed by atoms with Gasteiger partial charge in [0.25, 0.3) is 0 Å². The fourth-order valence-electron chi connectivity index (χ4n) is 2.88. The lowest BCUT2D eigenvalue weighted by atomic mass is 10.0. The van der Waals surface area contributed by atoms with Crippen molar-refractivity contribution in [3.8, 4) is 17.0 Å². The number of rotatable bonds is 3. The predicted molar refractivity (Wildman–Crippen MR) is 103 cm³/mol. The first-order valence-electron chi connectivity index (χ1n) is 8.55. The van der Waals surface area contributed by atoms with Gasteiger partial charge in [-0.2, -0.15) is 0 Å². The molecule has 4 heteroatoms. The molecule has 132 valence electrons. The summed E-state index contributed by atoms with van der Waals surface area (Å²) in [6.45, 7) is 2.02. The summed E-state index contributed by atoms with van der Waals surface area (Å²) in [5, 5.41) is 0.709. The van der Waals surface area contributed by atoms with E-state index < -0.39 is 5.97 Å². The maximum atomic E-state index is 13.1. The molecule has 0 fully saturated rings. The summed E-state index contributed by atoms with van der Waals surface area (Å²) in [5.74, 6) is -0.599. The zero-order chi connectivity index (χ0) is 18.8. The molecular weight excluding hydrogens is 341 g/mol. The number of hydrogen-bond donors (Lipinski definition) is 0. The minimum absolute atomic E-state index is 0.291. The van der Waals surface area contributed by atoms with Gasteiger partial charge in [0.05, 0.1) is 16.8 Å². The van der Waals surface area contributed by atoms with E-state index in [9.17, 15) is 9.18 Å². The summed E-state index contributed by atoms with van der Waals surface area (Å²) in [7, 11) is 0. The Balaban J connectivity index is 1.79. The molecule has 3 nitrogen and oxygen atoms in total. The third kappa shape index (κ3) is 3.55. The number of carbonyl (C=O) groups excluding carboxylic acids is 1. The average Bonchev–Trinajstić information content (AvgIpc) is 2.69. The van der Waals surface area contributed by atoms with Gasteiger partial charge in [0.2, 0.25) is 0 Å². The van der Waals surface area contributed by atoms with E-state index in [1.807, 2.05) is 55.5 Å². The highest BCUT2D eigenvalue weighted by atomic mass is 19.1. The maximum Gasteiger partial charge on any atom is 0.344 e. The Hall–Kier alpha value is -3.53. The molecule has 0 amide bonds. The lowest BCUT2D eigenvalue weighted by Gasteiger charge is -2.10. The van der Waals surface area contributed by atoms with Crippen LogP contribution in [0.25, 0.3) is 22.2 Å². The molecule has 0 saturated heterocycles. The summed E-state index contributed by atoms with van der Waals surface area (Å²) in [5.41, 5.74) is 3.89. The van der Waals surface area contributed by atoms with Gasteiger partial charge in [-0.25, -0.2) is 14.2 Å². The number of ether oxygens (including phenoxy) is 1. The van der Waals surface area contributed by atoms with Gasteiger partial charge in [0, 0.05) is 10.9 Å². The van der Waals surface area contributed by atoms with E-state index in [1.165, 1.54) is 24.3 Å². The van der Waals surface area contributed by atoms with Gasteiger partial charge in [-0.15, -0.1) is 0 Å². The Bertz CT molecular complexity index is 1120. The monoisotopic (exact) mass is 357 g/mol. The molecule has 3 aromatic carbocycles. The maximum absolute atomic E-state index is 13.1. The molecule has 27 heavy (non-hydrogen) atoms. The van der Waals surface area contributed by atoms with Crippen LogP contribution in [0.15, 0.2) is 78.9 Å². The first-order valence-corrected chi connectivity index (χ1v) is 8.55. The van der Waals surface area contributed by atoms with Gasteiger partial charge < -0.3 is 4.74 Å². The second kappa shape index (κ2) is 7.00. The van der Waals surface area contributed by atoms with Crippen LogP contribution in [0.5, 0.6) is 5.75 Å². The van der Waals surface area contributed by atoms with Gasteiger partial charge in [-0.1, -0.05) is 48.0 Å². The molecule has 1 aromatic heterocycles. The third-order valence-corrected chi connectivity index (χ3v) is 4.31. The molecule has 4 aromatic rings. The third-order valence-electron chi connectivity index (χ3n) is 4.31. The molecule has 0 bridgehead atoms. The fourth-order valence-corrected chi connectivity index (χ4v) is 2.88. The molecule has 0 spiro atoms. The molecule has 0 saturated carbocycles. The van der Waals surface area contributed by atoms with Crippen molar-refractivity contribution in [3.63, 3.8) is 0 Å². The van der Waals surface area contributed by atoms with Crippen LogP contribution >= 0.6 is 0 Å². The summed E-state index contributed by atoms with van der Waals surface area (Å²) in [4.78, 5) is 17.5. The normalized spacial score (nSPS) is 10.7. The standard InChI is InChI=1S/C23H16FNO2/c1-15-6-8-16(9-7-15)22-14-20(19-4-2-3-5-21(19)25-22)23(26)27-18-12-10-17(24)11-13-18/h2-14H,1H3. The molecule has 0 aliphatic rings. The van der Waals surface area contributed by atoms with Gasteiger partial charge in [0.15, 0.2) is 0 Å². The van der Waals surface area contributed by atoms with Gasteiger partial charge >= 0.3 is 5.97 Å². The zero-order valence-corrected chi connectivity index (χ0v) is 14.6. The lowest BCUT2D eigenvalue weighted by Crippen LogP contribution is -2.10. The van der Waals surface area contributed by atoms with Crippen molar-refractivity contribution in [2.75, 3.05) is 0 Å². The minimum Gasteiger partial charge on any atom is -0.423 e. The van der Waals surface area contributed by atoms with E-state index in [4.69, 9.17) is 4.74 Å². The number of pyridine rings is 1. The molecule has 0 aliphatic heterocycles. The van der Waals surface area contributed by atoms with E-state index >= 15 is 0 Å². The fraction of sp³-hybridized carbons (Fsp3) is 0.0435. The van der Waals surface area contributed by atoms with Crippen LogP contribution in [-0.2, 0) is 0 Å². The average molecular weight is 357 g/mol. The molecule has 4 rings (SSSR count). The summed E-state index contributed by atoms with van der Waals surface area (Å²) in [6.07, 6.45) is 0. The zero-order valence-electron chi connectivity index (χ0n) is 14.6. The van der Waals surface area contributed by atoms with Crippen LogP contribution in [0.3, 0.4) is 0 Å². The first-order chi connectivity index (χ1) is 13.1. The number of benzene rings is 3. The number of esters is 1. The highest BCUT2D eigenvalue weighted by Crippen LogP contribution is 2.26. The smallest absolute Gasteiger partial charge is 0.344 e. The summed E-state index contributed by atoms with van der Waals surface area (Å²) < 4.78 is 18.5. The van der Waals surface area contributed by atoms with Crippen LogP contribution in [0.1, 0.15) is 15.9 Å². The van der Waals surface area contributed by atoms with E-state index in [1.54, 1.807) is 6.07 Å². The quantitative estimate of drug-likeness (QED) is 0.355. The number of aryl methyl sites for hydroxylation is 1. The van der Waals surface area contributed by atoms with E-state index in [0.717, 1.165) is 11.1 Å². The number of halogens is 1. The first kappa shape index (κ1) is 16.9. The lowest BCUT2D eigenvalue weighted by molar-refractivity contribution is 0.0736.